The Labute approximate surface area is 68.8 Å². The molecule has 4 heteroatoms. The van der Waals surface area contributed by atoms with Gasteiger partial charge in [-0.05, 0) is 13.0 Å². The first-order valence-electron chi connectivity index (χ1n) is 3.86. The van der Waals surface area contributed by atoms with Crippen molar-refractivity contribution < 1.29 is 0 Å². The molecule has 0 aliphatic heterocycles. The van der Waals surface area contributed by atoms with Gasteiger partial charge in [0.1, 0.15) is 0 Å². The first-order valence-corrected chi connectivity index (χ1v) is 3.86. The standard InChI is InChI=1S/C8H9N3O/c1-2-11-4-3-7-6(8(11)12)5-9-10-7/h3-5H,2H2,1H3,(H,9,10). The number of pyridine rings is 1. The maximum absolute atomic E-state index is 11.5. The maximum atomic E-state index is 11.5. The third kappa shape index (κ3) is 0.845. The lowest BCUT2D eigenvalue weighted by Crippen LogP contribution is -2.17. The van der Waals surface area contributed by atoms with Gasteiger partial charge in [-0.1, -0.05) is 0 Å². The summed E-state index contributed by atoms with van der Waals surface area (Å²) in [6.45, 7) is 2.63. The van der Waals surface area contributed by atoms with E-state index in [0.29, 0.717) is 11.9 Å². The molecule has 0 amide bonds. The van der Waals surface area contributed by atoms with Crippen LogP contribution in [0.15, 0.2) is 23.3 Å². The summed E-state index contributed by atoms with van der Waals surface area (Å²) in [5.41, 5.74) is 0.744. The SMILES string of the molecule is CCn1ccc2n[nH]cc2c1=O. The Bertz CT molecular complexity index is 455. The van der Waals surface area contributed by atoms with Crippen molar-refractivity contribution in [1.29, 1.82) is 0 Å². The van der Waals surface area contributed by atoms with Crippen molar-refractivity contribution in [1.82, 2.24) is 14.8 Å². The molecule has 0 radical (unpaired) electrons. The Balaban J connectivity index is 2.88. The second-order valence-electron chi connectivity index (χ2n) is 2.59. The monoisotopic (exact) mass is 163 g/mol. The predicted octanol–water partition coefficient (Wildman–Crippen LogP) is 0.744. The highest BCUT2D eigenvalue weighted by molar-refractivity contribution is 5.76. The summed E-state index contributed by atoms with van der Waals surface area (Å²) >= 11 is 0. The summed E-state index contributed by atoms with van der Waals surface area (Å²) in [5, 5.41) is 7.24. The molecule has 1 N–H and O–H groups in total. The molecule has 2 aromatic rings. The van der Waals surface area contributed by atoms with Gasteiger partial charge in [0.05, 0.1) is 10.9 Å². The fourth-order valence-corrected chi connectivity index (χ4v) is 1.23. The van der Waals surface area contributed by atoms with Crippen LogP contribution in [0.1, 0.15) is 6.92 Å². The summed E-state index contributed by atoms with van der Waals surface area (Å²) in [4.78, 5) is 11.5. The first kappa shape index (κ1) is 7.09. The van der Waals surface area contributed by atoms with E-state index in [1.54, 1.807) is 17.0 Å². The molecule has 62 valence electrons. The fraction of sp³-hybridized carbons (Fsp3) is 0.250. The minimum Gasteiger partial charge on any atom is -0.315 e. The Morgan fingerprint density at radius 3 is 3.25 bits per heavy atom. The second kappa shape index (κ2) is 2.48. The highest BCUT2D eigenvalue weighted by Crippen LogP contribution is 2.02. The summed E-state index contributed by atoms with van der Waals surface area (Å²) < 4.78 is 1.65. The highest BCUT2D eigenvalue weighted by Gasteiger charge is 2.01. The lowest BCUT2D eigenvalue weighted by Gasteiger charge is -1.98. The van der Waals surface area contributed by atoms with Crippen LogP contribution in [0.3, 0.4) is 0 Å². The Morgan fingerprint density at radius 1 is 1.67 bits per heavy atom. The van der Waals surface area contributed by atoms with E-state index < -0.39 is 0 Å². The zero-order valence-electron chi connectivity index (χ0n) is 6.74. The van der Waals surface area contributed by atoms with Crippen molar-refractivity contribution in [2.24, 2.45) is 0 Å². The largest absolute Gasteiger partial charge is 0.315 e. The van der Waals surface area contributed by atoms with Crippen molar-refractivity contribution in [3.05, 3.63) is 28.8 Å². The van der Waals surface area contributed by atoms with Gasteiger partial charge in [0.25, 0.3) is 5.56 Å². The lowest BCUT2D eigenvalue weighted by molar-refractivity contribution is 0.735. The van der Waals surface area contributed by atoms with Crippen molar-refractivity contribution in [3.63, 3.8) is 0 Å². The van der Waals surface area contributed by atoms with E-state index in [9.17, 15) is 4.79 Å². The zero-order chi connectivity index (χ0) is 8.55. The molecule has 2 heterocycles. The van der Waals surface area contributed by atoms with Crippen LogP contribution in [-0.2, 0) is 6.54 Å². The fourth-order valence-electron chi connectivity index (χ4n) is 1.23. The normalized spacial score (nSPS) is 10.8. The molecule has 0 spiro atoms. The summed E-state index contributed by atoms with van der Waals surface area (Å²) in [6.07, 6.45) is 3.38. The van der Waals surface area contributed by atoms with Gasteiger partial charge in [-0.15, -0.1) is 0 Å². The van der Waals surface area contributed by atoms with E-state index in [1.165, 1.54) is 0 Å². The van der Waals surface area contributed by atoms with E-state index in [-0.39, 0.29) is 5.56 Å². The average molecular weight is 163 g/mol. The van der Waals surface area contributed by atoms with E-state index in [4.69, 9.17) is 0 Å². The Morgan fingerprint density at radius 2 is 2.50 bits per heavy atom. The molecule has 0 aliphatic carbocycles. The van der Waals surface area contributed by atoms with Crippen LogP contribution >= 0.6 is 0 Å². The molecular weight excluding hydrogens is 154 g/mol. The van der Waals surface area contributed by atoms with Gasteiger partial charge in [-0.3, -0.25) is 9.89 Å². The van der Waals surface area contributed by atoms with E-state index >= 15 is 0 Å². The number of nitrogens with one attached hydrogen (secondary N) is 1. The quantitative estimate of drug-likeness (QED) is 0.674. The summed E-state index contributed by atoms with van der Waals surface area (Å²) in [7, 11) is 0. The van der Waals surface area contributed by atoms with Crippen LogP contribution < -0.4 is 5.56 Å². The molecule has 4 nitrogen and oxygen atoms in total. The second-order valence-corrected chi connectivity index (χ2v) is 2.59. The molecule has 0 unspecified atom stereocenters. The number of fused-ring (bicyclic) bond motifs is 1. The third-order valence-electron chi connectivity index (χ3n) is 1.91. The molecule has 12 heavy (non-hydrogen) atoms. The van der Waals surface area contributed by atoms with E-state index in [0.717, 1.165) is 5.52 Å². The van der Waals surface area contributed by atoms with Gasteiger partial charge in [0, 0.05) is 18.9 Å². The zero-order valence-corrected chi connectivity index (χ0v) is 6.74. The molecule has 0 saturated carbocycles. The van der Waals surface area contributed by atoms with Gasteiger partial charge < -0.3 is 4.57 Å². The first-order chi connectivity index (χ1) is 5.83. The highest BCUT2D eigenvalue weighted by atomic mass is 16.1. The average Bonchev–Trinajstić information content (AvgIpc) is 2.53. The number of aromatic amines is 1. The molecule has 0 saturated heterocycles. The number of hydrogen-bond acceptors (Lipinski definition) is 2. The number of H-pyrrole nitrogens is 1. The molecule has 2 aromatic heterocycles. The van der Waals surface area contributed by atoms with Gasteiger partial charge in [0.2, 0.25) is 0 Å². The summed E-state index contributed by atoms with van der Waals surface area (Å²) in [5.74, 6) is 0. The molecule has 0 atom stereocenters. The predicted molar refractivity (Wildman–Crippen MR) is 46.0 cm³/mol. The lowest BCUT2D eigenvalue weighted by atomic mass is 10.3. The van der Waals surface area contributed by atoms with Crippen LogP contribution in [0.5, 0.6) is 0 Å². The van der Waals surface area contributed by atoms with Crippen LogP contribution in [0.2, 0.25) is 0 Å². The third-order valence-corrected chi connectivity index (χ3v) is 1.91. The van der Waals surface area contributed by atoms with Gasteiger partial charge in [0.15, 0.2) is 0 Å². The van der Waals surface area contributed by atoms with Gasteiger partial charge >= 0.3 is 0 Å². The summed E-state index contributed by atoms with van der Waals surface area (Å²) in [6, 6.07) is 1.83. The number of rotatable bonds is 1. The van der Waals surface area contributed by atoms with E-state index in [1.807, 2.05) is 13.0 Å². The number of nitrogens with zero attached hydrogens (tertiary/aromatic N) is 2. The maximum Gasteiger partial charge on any atom is 0.261 e. The van der Waals surface area contributed by atoms with Crippen molar-refractivity contribution in [2.75, 3.05) is 0 Å². The number of hydrogen-bond donors (Lipinski definition) is 1. The molecule has 0 bridgehead atoms. The molecule has 0 fully saturated rings. The topological polar surface area (TPSA) is 50.7 Å². The van der Waals surface area contributed by atoms with Crippen LogP contribution in [0.25, 0.3) is 10.9 Å². The Kier molecular flexibility index (Phi) is 1.46. The Hall–Kier alpha value is -1.58. The van der Waals surface area contributed by atoms with Crippen molar-refractivity contribution >= 4 is 10.9 Å². The molecule has 0 aromatic carbocycles. The number of aryl methyl sites for hydroxylation is 1. The van der Waals surface area contributed by atoms with Crippen molar-refractivity contribution in [3.8, 4) is 0 Å². The van der Waals surface area contributed by atoms with Crippen LogP contribution in [-0.4, -0.2) is 14.8 Å². The molecular formula is C8H9N3O. The van der Waals surface area contributed by atoms with Crippen LogP contribution in [0.4, 0.5) is 0 Å². The number of aromatic nitrogens is 3. The van der Waals surface area contributed by atoms with Crippen LogP contribution in [0, 0.1) is 0 Å². The van der Waals surface area contributed by atoms with E-state index in [2.05, 4.69) is 10.2 Å². The molecule has 0 aliphatic rings. The minimum absolute atomic E-state index is 0.0174. The minimum atomic E-state index is 0.0174. The van der Waals surface area contributed by atoms with Gasteiger partial charge in [-0.25, -0.2) is 0 Å². The van der Waals surface area contributed by atoms with Gasteiger partial charge in [-0.2, -0.15) is 5.10 Å². The molecule has 2 rings (SSSR count). The van der Waals surface area contributed by atoms with Crippen molar-refractivity contribution in [2.45, 2.75) is 13.5 Å². The smallest absolute Gasteiger partial charge is 0.261 e.